The minimum Gasteiger partial charge on any atom is -0.387 e. The van der Waals surface area contributed by atoms with Gasteiger partial charge in [-0.25, -0.2) is 9.67 Å². The molecule has 0 unspecified atom stereocenters. The second-order valence-electron chi connectivity index (χ2n) is 2.84. The molecule has 2 aromatic heterocycles. The van der Waals surface area contributed by atoms with Crippen LogP contribution in [0.25, 0.3) is 0 Å². The molecule has 78 valence electrons. The van der Waals surface area contributed by atoms with E-state index in [1.807, 2.05) is 12.1 Å². The summed E-state index contributed by atoms with van der Waals surface area (Å²) in [5.74, 6) is 0.396. The number of thiocarbonyl (C=S) groups is 1. The SMILES string of the molecule is NC(=S)c1ncn(Cc2ccc(Cl)s2)n1. The summed E-state index contributed by atoms with van der Waals surface area (Å²) >= 11 is 12.1. The Balaban J connectivity index is 2.14. The van der Waals surface area contributed by atoms with Crippen LogP contribution in [0.5, 0.6) is 0 Å². The van der Waals surface area contributed by atoms with E-state index in [0.717, 1.165) is 9.21 Å². The molecule has 0 aliphatic rings. The van der Waals surface area contributed by atoms with E-state index in [2.05, 4.69) is 10.1 Å². The Morgan fingerprint density at radius 2 is 2.40 bits per heavy atom. The van der Waals surface area contributed by atoms with E-state index in [1.54, 1.807) is 11.0 Å². The van der Waals surface area contributed by atoms with Crippen LogP contribution in [0.3, 0.4) is 0 Å². The number of nitrogens with zero attached hydrogens (tertiary/aromatic N) is 3. The Hall–Kier alpha value is -0.980. The predicted molar refractivity (Wildman–Crippen MR) is 64.3 cm³/mol. The maximum absolute atomic E-state index is 5.81. The third kappa shape index (κ3) is 2.53. The van der Waals surface area contributed by atoms with Crippen molar-refractivity contribution in [3.63, 3.8) is 0 Å². The van der Waals surface area contributed by atoms with Crippen molar-refractivity contribution >= 4 is 40.1 Å². The van der Waals surface area contributed by atoms with Gasteiger partial charge in [0, 0.05) is 4.88 Å². The minimum atomic E-state index is 0.206. The van der Waals surface area contributed by atoms with Gasteiger partial charge in [0.1, 0.15) is 11.3 Å². The number of aromatic nitrogens is 3. The molecule has 0 radical (unpaired) electrons. The molecule has 0 fully saturated rings. The molecule has 15 heavy (non-hydrogen) atoms. The van der Waals surface area contributed by atoms with Crippen molar-refractivity contribution in [3.8, 4) is 0 Å². The second kappa shape index (κ2) is 4.26. The van der Waals surface area contributed by atoms with Crippen LogP contribution in [0.4, 0.5) is 0 Å². The lowest BCUT2D eigenvalue weighted by molar-refractivity contribution is 0.691. The van der Waals surface area contributed by atoms with Crippen LogP contribution in [-0.2, 0) is 6.54 Å². The molecule has 0 saturated carbocycles. The van der Waals surface area contributed by atoms with Gasteiger partial charge in [-0.05, 0) is 12.1 Å². The summed E-state index contributed by atoms with van der Waals surface area (Å²) in [7, 11) is 0. The summed E-state index contributed by atoms with van der Waals surface area (Å²) in [5.41, 5.74) is 5.40. The second-order valence-corrected chi connectivity index (χ2v) is 5.08. The Kier molecular flexibility index (Phi) is 2.99. The zero-order valence-corrected chi connectivity index (χ0v) is 9.94. The lowest BCUT2D eigenvalue weighted by Crippen LogP contribution is -2.12. The van der Waals surface area contributed by atoms with Gasteiger partial charge in [-0.3, -0.25) is 0 Å². The van der Waals surface area contributed by atoms with E-state index in [4.69, 9.17) is 29.6 Å². The van der Waals surface area contributed by atoms with Gasteiger partial charge in [-0.1, -0.05) is 23.8 Å². The largest absolute Gasteiger partial charge is 0.387 e. The molecule has 0 saturated heterocycles. The van der Waals surface area contributed by atoms with Crippen molar-refractivity contribution in [2.24, 2.45) is 5.73 Å². The predicted octanol–water partition coefficient (Wildman–Crippen LogP) is 1.68. The fourth-order valence-corrected chi connectivity index (χ4v) is 2.25. The van der Waals surface area contributed by atoms with Crippen LogP contribution in [-0.4, -0.2) is 19.8 Å². The lowest BCUT2D eigenvalue weighted by atomic mass is 10.5. The van der Waals surface area contributed by atoms with Gasteiger partial charge in [0.25, 0.3) is 0 Å². The van der Waals surface area contributed by atoms with Gasteiger partial charge in [-0.2, -0.15) is 0 Å². The van der Waals surface area contributed by atoms with Gasteiger partial charge in [-0.15, -0.1) is 16.4 Å². The minimum absolute atomic E-state index is 0.206. The van der Waals surface area contributed by atoms with Crippen molar-refractivity contribution in [1.29, 1.82) is 0 Å². The summed E-state index contributed by atoms with van der Waals surface area (Å²) in [5, 5.41) is 4.12. The smallest absolute Gasteiger partial charge is 0.208 e. The summed E-state index contributed by atoms with van der Waals surface area (Å²) in [4.78, 5) is 5.29. The normalized spacial score (nSPS) is 10.5. The average molecular weight is 259 g/mol. The molecule has 0 aliphatic carbocycles. The molecule has 0 aromatic carbocycles. The average Bonchev–Trinajstić information content (AvgIpc) is 2.76. The summed E-state index contributed by atoms with van der Waals surface area (Å²) in [6, 6.07) is 3.81. The first kappa shape index (κ1) is 10.5. The number of halogens is 1. The molecule has 0 bridgehead atoms. The molecular formula is C8H7ClN4S2. The maximum Gasteiger partial charge on any atom is 0.208 e. The highest BCUT2D eigenvalue weighted by atomic mass is 35.5. The summed E-state index contributed by atoms with van der Waals surface area (Å²) in [6.45, 7) is 0.632. The topological polar surface area (TPSA) is 56.7 Å². The van der Waals surface area contributed by atoms with Gasteiger partial charge in [0.05, 0.1) is 10.9 Å². The van der Waals surface area contributed by atoms with E-state index in [1.165, 1.54) is 11.3 Å². The number of nitrogens with two attached hydrogens (primary N) is 1. The highest BCUT2D eigenvalue weighted by Gasteiger charge is 2.04. The van der Waals surface area contributed by atoms with Crippen LogP contribution < -0.4 is 5.73 Å². The van der Waals surface area contributed by atoms with Crippen molar-refractivity contribution in [2.75, 3.05) is 0 Å². The third-order valence-corrected chi connectivity index (χ3v) is 3.10. The van der Waals surface area contributed by atoms with Crippen molar-refractivity contribution in [3.05, 3.63) is 33.5 Å². The molecule has 0 amide bonds. The number of rotatable bonds is 3. The van der Waals surface area contributed by atoms with Gasteiger partial charge >= 0.3 is 0 Å². The van der Waals surface area contributed by atoms with E-state index in [-0.39, 0.29) is 4.99 Å². The standard InChI is InChI=1S/C8H7ClN4S2/c9-6-2-1-5(15-6)3-13-4-11-8(12-13)7(10)14/h1-2,4H,3H2,(H2,10,14). The van der Waals surface area contributed by atoms with E-state index >= 15 is 0 Å². The first-order valence-electron chi connectivity index (χ1n) is 4.08. The molecule has 0 atom stereocenters. The number of thiophene rings is 1. The Morgan fingerprint density at radius 3 is 2.93 bits per heavy atom. The van der Waals surface area contributed by atoms with E-state index in [9.17, 15) is 0 Å². The highest BCUT2D eigenvalue weighted by molar-refractivity contribution is 7.80. The Labute approximate surface area is 101 Å². The van der Waals surface area contributed by atoms with Crippen LogP contribution >= 0.6 is 35.2 Å². The van der Waals surface area contributed by atoms with Crippen LogP contribution in [0, 0.1) is 0 Å². The summed E-state index contributed by atoms with van der Waals surface area (Å²) in [6.07, 6.45) is 1.60. The maximum atomic E-state index is 5.81. The molecular weight excluding hydrogens is 252 g/mol. The lowest BCUT2D eigenvalue weighted by Gasteiger charge is -1.95. The monoisotopic (exact) mass is 258 g/mol. The molecule has 0 spiro atoms. The quantitative estimate of drug-likeness (QED) is 0.851. The molecule has 2 aromatic rings. The third-order valence-electron chi connectivity index (χ3n) is 1.70. The van der Waals surface area contributed by atoms with Crippen molar-refractivity contribution in [1.82, 2.24) is 14.8 Å². The number of hydrogen-bond donors (Lipinski definition) is 1. The molecule has 2 N–H and O–H groups in total. The Bertz CT molecular complexity index is 490. The molecule has 4 nitrogen and oxygen atoms in total. The van der Waals surface area contributed by atoms with Crippen LogP contribution in [0.1, 0.15) is 10.7 Å². The van der Waals surface area contributed by atoms with E-state index < -0.39 is 0 Å². The highest BCUT2D eigenvalue weighted by Crippen LogP contribution is 2.21. The van der Waals surface area contributed by atoms with Gasteiger partial charge < -0.3 is 5.73 Å². The van der Waals surface area contributed by atoms with Crippen molar-refractivity contribution in [2.45, 2.75) is 6.54 Å². The zero-order valence-electron chi connectivity index (χ0n) is 7.55. The van der Waals surface area contributed by atoms with Crippen LogP contribution in [0.2, 0.25) is 4.34 Å². The molecule has 0 aliphatic heterocycles. The van der Waals surface area contributed by atoms with Gasteiger partial charge in [0.15, 0.2) is 0 Å². The number of hydrogen-bond acceptors (Lipinski definition) is 4. The zero-order chi connectivity index (χ0) is 10.8. The van der Waals surface area contributed by atoms with E-state index in [0.29, 0.717) is 12.4 Å². The molecule has 2 rings (SSSR count). The fraction of sp³-hybridized carbons (Fsp3) is 0.125. The Morgan fingerprint density at radius 1 is 1.60 bits per heavy atom. The van der Waals surface area contributed by atoms with Crippen LogP contribution in [0.15, 0.2) is 18.5 Å². The fourth-order valence-electron chi connectivity index (χ4n) is 1.08. The first-order valence-corrected chi connectivity index (χ1v) is 5.69. The summed E-state index contributed by atoms with van der Waals surface area (Å²) < 4.78 is 2.44. The first-order chi connectivity index (χ1) is 7.15. The molecule has 2 heterocycles. The van der Waals surface area contributed by atoms with Crippen molar-refractivity contribution < 1.29 is 0 Å². The molecule has 7 heteroatoms. The van der Waals surface area contributed by atoms with Gasteiger partial charge in [0.2, 0.25) is 5.82 Å².